The van der Waals surface area contributed by atoms with Crippen molar-refractivity contribution >= 4 is 55.4 Å². The van der Waals surface area contributed by atoms with E-state index in [-0.39, 0.29) is 26.1 Å². The highest BCUT2D eigenvalue weighted by molar-refractivity contribution is 7.93. The quantitative estimate of drug-likeness (QED) is 0.415. The van der Waals surface area contributed by atoms with Crippen molar-refractivity contribution in [2.24, 2.45) is 5.10 Å². The molecule has 154 valence electrons. The van der Waals surface area contributed by atoms with Gasteiger partial charge in [-0.15, -0.1) is 11.3 Å². The zero-order valence-corrected chi connectivity index (χ0v) is 18.1. The summed E-state index contributed by atoms with van der Waals surface area (Å²) in [6.07, 6.45) is 1.62. The molecule has 3 heterocycles. The number of rotatable bonds is 4. The molecule has 0 saturated heterocycles. The molecule has 0 saturated carbocycles. The van der Waals surface area contributed by atoms with Crippen LogP contribution in [0, 0.1) is 6.92 Å². The van der Waals surface area contributed by atoms with Gasteiger partial charge in [0.25, 0.3) is 0 Å². The van der Waals surface area contributed by atoms with Gasteiger partial charge in [-0.2, -0.15) is 9.78 Å². The number of hydrogen-bond acceptors (Lipinski definition) is 7. The summed E-state index contributed by atoms with van der Waals surface area (Å²) in [5, 5.41) is 6.17. The van der Waals surface area contributed by atoms with Gasteiger partial charge in [-0.25, -0.2) is 18.4 Å². The molecule has 5 aromatic rings. The zero-order valence-electron chi connectivity index (χ0n) is 16.4. The third kappa shape index (κ3) is 3.28. The highest BCUT2D eigenvalue weighted by Gasteiger charge is 2.31. The SMILES string of the molecule is Cc1ccc(C=Nn2c(N)c(S(=O)(=O)c3cccs3)c3nc4ccccc4nc32)cc1. The molecule has 3 aromatic heterocycles. The van der Waals surface area contributed by atoms with E-state index in [9.17, 15) is 8.42 Å². The minimum Gasteiger partial charge on any atom is -0.382 e. The Morgan fingerprint density at radius 1 is 1.00 bits per heavy atom. The Morgan fingerprint density at radius 2 is 1.71 bits per heavy atom. The summed E-state index contributed by atoms with van der Waals surface area (Å²) in [5.41, 5.74) is 10.0. The van der Waals surface area contributed by atoms with Crippen molar-refractivity contribution in [1.29, 1.82) is 0 Å². The van der Waals surface area contributed by atoms with Gasteiger partial charge >= 0.3 is 0 Å². The molecule has 2 N–H and O–H groups in total. The molecule has 0 aliphatic carbocycles. The van der Waals surface area contributed by atoms with Gasteiger partial charge in [0.2, 0.25) is 9.84 Å². The van der Waals surface area contributed by atoms with Crippen LogP contribution in [0.5, 0.6) is 0 Å². The number of nitrogens with zero attached hydrogens (tertiary/aromatic N) is 4. The molecule has 5 rings (SSSR count). The highest BCUT2D eigenvalue weighted by atomic mass is 32.2. The smallest absolute Gasteiger partial charge is 0.221 e. The number of anilines is 1. The average molecular weight is 448 g/mol. The van der Waals surface area contributed by atoms with Crippen LogP contribution in [0.1, 0.15) is 11.1 Å². The lowest BCUT2D eigenvalue weighted by Gasteiger charge is -2.02. The summed E-state index contributed by atoms with van der Waals surface area (Å²) in [6.45, 7) is 2.00. The molecule has 0 aliphatic heterocycles. The zero-order chi connectivity index (χ0) is 21.6. The Balaban J connectivity index is 1.80. The monoisotopic (exact) mass is 447 g/mol. The molecular weight excluding hydrogens is 430 g/mol. The van der Waals surface area contributed by atoms with Crippen molar-refractivity contribution in [2.45, 2.75) is 16.0 Å². The predicted molar refractivity (Wildman–Crippen MR) is 123 cm³/mol. The van der Waals surface area contributed by atoms with E-state index in [0.29, 0.717) is 11.0 Å². The lowest BCUT2D eigenvalue weighted by Crippen LogP contribution is -2.05. The molecule has 0 aliphatic rings. The Hall–Kier alpha value is -3.56. The third-order valence-corrected chi connectivity index (χ3v) is 8.07. The summed E-state index contributed by atoms with van der Waals surface area (Å²) in [7, 11) is -3.89. The van der Waals surface area contributed by atoms with Crippen molar-refractivity contribution in [3.05, 3.63) is 77.2 Å². The fourth-order valence-corrected chi connectivity index (χ4v) is 5.88. The van der Waals surface area contributed by atoms with E-state index in [0.717, 1.165) is 22.5 Å². The van der Waals surface area contributed by atoms with Gasteiger partial charge in [-0.05, 0) is 36.1 Å². The number of thiophene rings is 1. The first-order valence-corrected chi connectivity index (χ1v) is 11.8. The topological polar surface area (TPSA) is 103 Å². The molecule has 0 amide bonds. The number of nitrogen functional groups attached to an aromatic ring is 1. The number of nitrogens with two attached hydrogens (primary N) is 1. The number of benzene rings is 2. The van der Waals surface area contributed by atoms with Crippen LogP contribution in [0.15, 0.2) is 80.2 Å². The second-order valence-corrected chi connectivity index (χ2v) is 10.1. The molecule has 0 radical (unpaired) electrons. The van der Waals surface area contributed by atoms with E-state index >= 15 is 0 Å². The van der Waals surface area contributed by atoms with Crippen LogP contribution in [0.3, 0.4) is 0 Å². The number of sulfone groups is 1. The highest BCUT2D eigenvalue weighted by Crippen LogP contribution is 2.36. The second-order valence-electron chi connectivity index (χ2n) is 7.00. The van der Waals surface area contributed by atoms with Crippen LogP contribution in [0.2, 0.25) is 0 Å². The van der Waals surface area contributed by atoms with Gasteiger partial charge in [0.05, 0.1) is 17.2 Å². The minimum absolute atomic E-state index is 0.0259. The van der Waals surface area contributed by atoms with Crippen LogP contribution in [-0.4, -0.2) is 29.3 Å². The van der Waals surface area contributed by atoms with E-state index in [4.69, 9.17) is 5.73 Å². The van der Waals surface area contributed by atoms with Gasteiger partial charge in [-0.3, -0.25) is 0 Å². The van der Waals surface area contributed by atoms with Gasteiger partial charge < -0.3 is 5.73 Å². The molecule has 31 heavy (non-hydrogen) atoms. The van der Waals surface area contributed by atoms with Gasteiger partial charge in [0.15, 0.2) is 5.65 Å². The van der Waals surface area contributed by atoms with E-state index in [2.05, 4.69) is 15.1 Å². The Morgan fingerprint density at radius 3 is 2.39 bits per heavy atom. The first-order chi connectivity index (χ1) is 14.9. The number of aromatic nitrogens is 3. The van der Waals surface area contributed by atoms with Gasteiger partial charge in [-0.1, -0.05) is 48.0 Å². The lowest BCUT2D eigenvalue weighted by molar-refractivity contribution is 0.599. The Bertz CT molecular complexity index is 1550. The lowest BCUT2D eigenvalue weighted by atomic mass is 10.2. The van der Waals surface area contributed by atoms with Crippen molar-refractivity contribution in [2.75, 3.05) is 5.73 Å². The van der Waals surface area contributed by atoms with Crippen molar-refractivity contribution < 1.29 is 8.42 Å². The van der Waals surface area contributed by atoms with E-state index in [1.807, 2.05) is 49.4 Å². The molecule has 0 atom stereocenters. The maximum Gasteiger partial charge on any atom is 0.221 e. The fourth-order valence-electron chi connectivity index (χ4n) is 3.30. The first kappa shape index (κ1) is 19.4. The number of para-hydroxylation sites is 2. The minimum atomic E-state index is -3.89. The van der Waals surface area contributed by atoms with E-state index in [1.54, 1.807) is 29.8 Å². The maximum absolute atomic E-state index is 13.4. The largest absolute Gasteiger partial charge is 0.382 e. The van der Waals surface area contributed by atoms with Gasteiger partial charge in [0.1, 0.15) is 20.4 Å². The van der Waals surface area contributed by atoms with Crippen molar-refractivity contribution in [1.82, 2.24) is 14.6 Å². The van der Waals surface area contributed by atoms with Crippen molar-refractivity contribution in [3.8, 4) is 0 Å². The summed E-state index contributed by atoms with van der Waals surface area (Å²) in [6, 6.07) is 18.3. The van der Waals surface area contributed by atoms with Crippen LogP contribution >= 0.6 is 11.3 Å². The summed E-state index contributed by atoms with van der Waals surface area (Å²) >= 11 is 1.13. The molecule has 0 unspecified atom stereocenters. The molecule has 0 spiro atoms. The third-order valence-electron chi connectivity index (χ3n) is 4.86. The normalized spacial score (nSPS) is 12.3. The summed E-state index contributed by atoms with van der Waals surface area (Å²) < 4.78 is 28.3. The predicted octanol–water partition coefficient (Wildman–Crippen LogP) is 4.25. The number of fused-ring (bicyclic) bond motifs is 2. The Labute approximate surface area is 182 Å². The van der Waals surface area contributed by atoms with E-state index in [1.165, 1.54) is 4.68 Å². The molecule has 7 nitrogen and oxygen atoms in total. The summed E-state index contributed by atoms with van der Waals surface area (Å²) in [4.78, 5) is 9.14. The van der Waals surface area contributed by atoms with Gasteiger partial charge in [0, 0.05) is 0 Å². The van der Waals surface area contributed by atoms with Crippen LogP contribution in [0.25, 0.3) is 22.2 Å². The molecule has 9 heteroatoms. The number of aryl methyl sites for hydroxylation is 1. The molecular formula is C22H17N5O2S2. The molecule has 0 bridgehead atoms. The summed E-state index contributed by atoms with van der Waals surface area (Å²) in [5.74, 6) is -0.0259. The number of hydrogen-bond donors (Lipinski definition) is 1. The Kier molecular flexibility index (Phi) is 4.57. The van der Waals surface area contributed by atoms with E-state index < -0.39 is 9.84 Å². The first-order valence-electron chi connectivity index (χ1n) is 9.41. The maximum atomic E-state index is 13.4. The average Bonchev–Trinajstić information content (AvgIpc) is 3.39. The second kappa shape index (κ2) is 7.29. The van der Waals surface area contributed by atoms with Crippen LogP contribution in [-0.2, 0) is 9.84 Å². The molecule has 2 aromatic carbocycles. The standard InChI is InChI=1S/C22H17N5O2S2/c1-14-8-10-15(11-9-14)13-24-27-21(23)20(31(28,29)18-7-4-12-30-18)19-22(27)26-17-6-3-2-5-16(17)25-19/h2-13H,23H2,1H3. The van der Waals surface area contributed by atoms with Crippen molar-refractivity contribution in [3.63, 3.8) is 0 Å². The van der Waals surface area contributed by atoms with Crippen LogP contribution < -0.4 is 5.73 Å². The molecule has 0 fully saturated rings. The van der Waals surface area contributed by atoms with Crippen LogP contribution in [0.4, 0.5) is 5.82 Å². The fraction of sp³-hybridized carbons (Fsp3) is 0.0455.